The van der Waals surface area contributed by atoms with E-state index in [4.69, 9.17) is 10.8 Å². The molecule has 6 heteroatoms. The maximum Gasteiger partial charge on any atom is 0.251 e. The zero-order chi connectivity index (χ0) is 15.1. The van der Waals surface area contributed by atoms with Gasteiger partial charge in [0, 0.05) is 18.0 Å². The summed E-state index contributed by atoms with van der Waals surface area (Å²) >= 11 is 0. The number of nitrogens with one attached hydrogen (secondary N) is 1. The van der Waals surface area contributed by atoms with Crippen molar-refractivity contribution in [3.63, 3.8) is 0 Å². The van der Waals surface area contributed by atoms with Crippen LogP contribution in [0.2, 0.25) is 0 Å². The van der Waals surface area contributed by atoms with Crippen LogP contribution in [0, 0.1) is 17.7 Å². The molecular weight excluding hydrogens is 263 g/mol. The molecule has 0 heterocycles. The highest BCUT2D eigenvalue weighted by Crippen LogP contribution is 2.10. The van der Waals surface area contributed by atoms with E-state index in [-0.39, 0.29) is 24.2 Å². The van der Waals surface area contributed by atoms with Crippen LogP contribution in [-0.2, 0) is 4.79 Å². The van der Waals surface area contributed by atoms with Crippen molar-refractivity contribution in [1.82, 2.24) is 5.32 Å². The lowest BCUT2D eigenvalue weighted by molar-refractivity contribution is -0.118. The summed E-state index contributed by atoms with van der Waals surface area (Å²) in [7, 11) is 0. The van der Waals surface area contributed by atoms with Gasteiger partial charge < -0.3 is 16.2 Å². The van der Waals surface area contributed by atoms with E-state index in [9.17, 15) is 14.0 Å². The van der Waals surface area contributed by atoms with Crippen LogP contribution in [-0.4, -0.2) is 29.6 Å². The molecule has 20 heavy (non-hydrogen) atoms. The van der Waals surface area contributed by atoms with E-state index < -0.39 is 23.7 Å². The maximum absolute atomic E-state index is 13.6. The third-order valence-electron chi connectivity index (χ3n) is 2.42. The van der Waals surface area contributed by atoms with Crippen molar-refractivity contribution in [2.24, 2.45) is 5.73 Å². The molecule has 1 rings (SSSR count). The fraction of sp³-hybridized carbons (Fsp3) is 0.286. The van der Waals surface area contributed by atoms with Gasteiger partial charge in [0.2, 0.25) is 5.91 Å². The van der Waals surface area contributed by atoms with Crippen molar-refractivity contribution in [2.75, 3.05) is 6.61 Å². The Morgan fingerprint density at radius 3 is 2.75 bits per heavy atom. The van der Waals surface area contributed by atoms with Gasteiger partial charge in [0.1, 0.15) is 12.4 Å². The summed E-state index contributed by atoms with van der Waals surface area (Å²) in [5, 5.41) is 11.1. The Morgan fingerprint density at radius 1 is 1.50 bits per heavy atom. The highest BCUT2D eigenvalue weighted by Gasteiger charge is 2.13. The Kier molecular flexibility index (Phi) is 5.69. The second-order valence-electron chi connectivity index (χ2n) is 4.20. The van der Waals surface area contributed by atoms with E-state index in [2.05, 4.69) is 17.2 Å². The van der Waals surface area contributed by atoms with Crippen LogP contribution >= 0.6 is 0 Å². The summed E-state index contributed by atoms with van der Waals surface area (Å²) in [4.78, 5) is 22.5. The first kappa shape index (κ1) is 15.7. The van der Waals surface area contributed by atoms with Gasteiger partial charge in [-0.1, -0.05) is 11.8 Å². The van der Waals surface area contributed by atoms with Gasteiger partial charge in [-0.3, -0.25) is 9.59 Å². The van der Waals surface area contributed by atoms with Crippen molar-refractivity contribution < 1.29 is 19.1 Å². The lowest BCUT2D eigenvalue weighted by atomic mass is 10.1. The summed E-state index contributed by atoms with van der Waals surface area (Å²) in [6.45, 7) is 1.26. The quantitative estimate of drug-likeness (QED) is 0.685. The number of aliphatic hydroxyl groups excluding tert-OH is 1. The average molecular weight is 278 g/mol. The van der Waals surface area contributed by atoms with Gasteiger partial charge in [-0.05, 0) is 25.1 Å². The largest absolute Gasteiger partial charge is 0.384 e. The van der Waals surface area contributed by atoms with Gasteiger partial charge >= 0.3 is 0 Å². The van der Waals surface area contributed by atoms with Crippen molar-refractivity contribution in [3.8, 4) is 11.8 Å². The van der Waals surface area contributed by atoms with E-state index >= 15 is 0 Å². The SMILES string of the molecule is CC(CC(N)=O)NC(=O)c1ccc(C#CCO)c(F)c1. The minimum absolute atomic E-state index is 0.00822. The Labute approximate surface area is 116 Å². The monoisotopic (exact) mass is 278 g/mol. The van der Waals surface area contributed by atoms with E-state index in [0.717, 1.165) is 6.07 Å². The highest BCUT2D eigenvalue weighted by molar-refractivity contribution is 5.94. The Morgan fingerprint density at radius 2 is 2.20 bits per heavy atom. The van der Waals surface area contributed by atoms with Crippen LogP contribution in [0.25, 0.3) is 0 Å². The van der Waals surface area contributed by atoms with Gasteiger partial charge in [-0.2, -0.15) is 0 Å². The molecule has 1 atom stereocenters. The Balaban J connectivity index is 2.79. The first-order valence-electron chi connectivity index (χ1n) is 5.92. The second-order valence-corrected chi connectivity index (χ2v) is 4.20. The number of aliphatic hydroxyl groups is 1. The van der Waals surface area contributed by atoms with E-state index in [1.165, 1.54) is 12.1 Å². The molecule has 1 unspecified atom stereocenters. The number of benzene rings is 1. The van der Waals surface area contributed by atoms with Crippen LogP contribution < -0.4 is 11.1 Å². The molecule has 0 saturated carbocycles. The average Bonchev–Trinajstić information content (AvgIpc) is 2.36. The fourth-order valence-corrected chi connectivity index (χ4v) is 1.55. The molecular formula is C14H15FN2O3. The maximum atomic E-state index is 13.6. The number of amides is 2. The first-order valence-corrected chi connectivity index (χ1v) is 5.92. The van der Waals surface area contributed by atoms with Crippen LogP contribution in [0.4, 0.5) is 4.39 Å². The third-order valence-corrected chi connectivity index (χ3v) is 2.42. The molecule has 0 fully saturated rings. The minimum atomic E-state index is -0.652. The zero-order valence-electron chi connectivity index (χ0n) is 10.9. The summed E-state index contributed by atoms with van der Waals surface area (Å²) in [5.41, 5.74) is 5.23. The molecule has 5 nitrogen and oxygen atoms in total. The number of nitrogens with two attached hydrogens (primary N) is 1. The molecule has 0 spiro atoms. The molecule has 0 bridgehead atoms. The van der Waals surface area contributed by atoms with Crippen LogP contribution in [0.5, 0.6) is 0 Å². The topological polar surface area (TPSA) is 92.4 Å². The summed E-state index contributed by atoms with van der Waals surface area (Å²) < 4.78 is 13.6. The molecule has 0 aliphatic rings. The van der Waals surface area contributed by atoms with Crippen molar-refractivity contribution in [3.05, 3.63) is 35.1 Å². The molecule has 106 valence electrons. The number of rotatable bonds is 4. The molecule has 1 aromatic rings. The predicted molar refractivity (Wildman–Crippen MR) is 71.1 cm³/mol. The third kappa shape index (κ3) is 4.71. The number of halogens is 1. The summed E-state index contributed by atoms with van der Waals surface area (Å²) in [5.74, 6) is 3.07. The Bertz CT molecular complexity index is 576. The van der Waals surface area contributed by atoms with Gasteiger partial charge in [-0.25, -0.2) is 4.39 Å². The smallest absolute Gasteiger partial charge is 0.251 e. The van der Waals surface area contributed by atoms with Gasteiger partial charge in [0.25, 0.3) is 5.91 Å². The van der Waals surface area contributed by atoms with E-state index in [0.29, 0.717) is 0 Å². The number of carbonyl (C=O) groups is 2. The van der Waals surface area contributed by atoms with Crippen molar-refractivity contribution in [1.29, 1.82) is 0 Å². The van der Waals surface area contributed by atoms with Crippen molar-refractivity contribution >= 4 is 11.8 Å². The number of primary amides is 1. The molecule has 0 saturated heterocycles. The van der Waals surface area contributed by atoms with Crippen LogP contribution in [0.3, 0.4) is 0 Å². The molecule has 0 aliphatic carbocycles. The van der Waals surface area contributed by atoms with Gasteiger partial charge in [0.15, 0.2) is 0 Å². The fourth-order valence-electron chi connectivity index (χ4n) is 1.55. The molecule has 2 amide bonds. The number of hydrogen-bond acceptors (Lipinski definition) is 3. The van der Waals surface area contributed by atoms with E-state index in [1.54, 1.807) is 6.92 Å². The molecule has 0 aliphatic heterocycles. The van der Waals surface area contributed by atoms with Crippen molar-refractivity contribution in [2.45, 2.75) is 19.4 Å². The standard InChI is InChI=1S/C14H15FN2O3/c1-9(7-13(16)19)17-14(20)11-5-4-10(3-2-6-18)12(15)8-11/h4-5,8-9,18H,6-7H2,1H3,(H2,16,19)(H,17,20). The van der Waals surface area contributed by atoms with Gasteiger partial charge in [0.05, 0.1) is 5.56 Å². The second kappa shape index (κ2) is 7.26. The Hall–Kier alpha value is -2.39. The molecule has 1 aromatic carbocycles. The normalized spacial score (nSPS) is 11.2. The summed E-state index contributed by atoms with van der Waals surface area (Å²) in [6.07, 6.45) is 0.00822. The predicted octanol–water partition coefficient (Wildman–Crippen LogP) is 0.163. The summed E-state index contributed by atoms with van der Waals surface area (Å²) in [6, 6.07) is 3.38. The minimum Gasteiger partial charge on any atom is -0.384 e. The first-order chi connectivity index (χ1) is 9.43. The van der Waals surface area contributed by atoms with Crippen LogP contribution in [0.1, 0.15) is 29.3 Å². The molecule has 0 aromatic heterocycles. The lowest BCUT2D eigenvalue weighted by Gasteiger charge is -2.12. The number of hydrogen-bond donors (Lipinski definition) is 3. The van der Waals surface area contributed by atoms with E-state index in [1.807, 2.05) is 0 Å². The van der Waals surface area contributed by atoms with Gasteiger partial charge in [-0.15, -0.1) is 0 Å². The molecule has 0 radical (unpaired) electrons. The lowest BCUT2D eigenvalue weighted by Crippen LogP contribution is -2.35. The highest BCUT2D eigenvalue weighted by atomic mass is 19.1. The zero-order valence-corrected chi connectivity index (χ0v) is 10.9. The molecule has 4 N–H and O–H groups in total. The van der Waals surface area contributed by atoms with Crippen LogP contribution in [0.15, 0.2) is 18.2 Å². The number of carbonyl (C=O) groups excluding carboxylic acids is 2.